The first-order chi connectivity index (χ1) is 14.9. The predicted molar refractivity (Wildman–Crippen MR) is 135 cm³/mol. The smallest absolute Gasteiger partial charge is 0.00206 e. The highest BCUT2D eigenvalue weighted by Gasteiger charge is 2.18. The highest BCUT2D eigenvalue weighted by atomic mass is 14.2. The highest BCUT2D eigenvalue weighted by molar-refractivity contribution is 6.01. The van der Waals surface area contributed by atoms with Crippen molar-refractivity contribution >= 4 is 0 Å². The Kier molecular flexibility index (Phi) is 6.10. The van der Waals surface area contributed by atoms with Gasteiger partial charge in [0, 0.05) is 0 Å². The number of hydrogen-bond acceptors (Lipinski definition) is 0. The van der Waals surface area contributed by atoms with Gasteiger partial charge in [0.1, 0.15) is 0 Å². The molecule has 0 saturated heterocycles. The molecule has 0 amide bonds. The molecule has 0 radical (unpaired) electrons. The van der Waals surface area contributed by atoms with Gasteiger partial charge in [0.25, 0.3) is 0 Å². The van der Waals surface area contributed by atoms with Crippen LogP contribution in [-0.4, -0.2) is 0 Å². The molecule has 0 fully saturated rings. The lowest BCUT2D eigenvalue weighted by atomic mass is 9.83. The maximum atomic E-state index is 2.27. The average molecular weight is 399 g/mol. The molecular weight excluding hydrogens is 372 g/mol. The van der Waals surface area contributed by atoms with Gasteiger partial charge in [-0.3, -0.25) is 0 Å². The summed E-state index contributed by atoms with van der Waals surface area (Å²) in [6.07, 6.45) is 0. The molecule has 0 bridgehead atoms. The standard InChI is InChI=1S/C30H22.CH4/c1-5-13-23(14-6-1)27-21-22-28(24-15-7-2-8-16-24)30(26-19-11-4-12-20-26)29(27)25-17-9-3-10-18-25;/h1-22H;1H4. The lowest BCUT2D eigenvalue weighted by Crippen LogP contribution is -1.94. The van der Waals surface area contributed by atoms with Crippen molar-refractivity contribution in [3.63, 3.8) is 0 Å². The van der Waals surface area contributed by atoms with E-state index in [2.05, 4.69) is 133 Å². The first kappa shape index (κ1) is 20.4. The molecule has 5 aromatic rings. The van der Waals surface area contributed by atoms with Crippen molar-refractivity contribution in [1.29, 1.82) is 0 Å². The van der Waals surface area contributed by atoms with Crippen LogP contribution in [-0.2, 0) is 0 Å². The molecule has 5 rings (SSSR count). The van der Waals surface area contributed by atoms with E-state index in [1.54, 1.807) is 0 Å². The maximum Gasteiger partial charge on any atom is -0.00206 e. The summed E-state index contributed by atoms with van der Waals surface area (Å²) in [4.78, 5) is 0. The van der Waals surface area contributed by atoms with Crippen LogP contribution in [0.4, 0.5) is 0 Å². The van der Waals surface area contributed by atoms with Crippen molar-refractivity contribution in [3.8, 4) is 44.5 Å². The van der Waals surface area contributed by atoms with Gasteiger partial charge in [-0.15, -0.1) is 0 Å². The largest absolute Gasteiger partial charge is 0.0776 e. The topological polar surface area (TPSA) is 0 Å². The lowest BCUT2D eigenvalue weighted by molar-refractivity contribution is 1.54. The van der Waals surface area contributed by atoms with E-state index in [4.69, 9.17) is 0 Å². The highest BCUT2D eigenvalue weighted by Crippen LogP contribution is 2.45. The Morgan fingerprint density at radius 1 is 0.258 bits per heavy atom. The van der Waals surface area contributed by atoms with Crippen LogP contribution in [0.15, 0.2) is 133 Å². The molecule has 0 heterocycles. The molecule has 0 aliphatic rings. The molecule has 31 heavy (non-hydrogen) atoms. The van der Waals surface area contributed by atoms with Crippen LogP contribution < -0.4 is 0 Å². The summed E-state index contributed by atoms with van der Waals surface area (Å²) in [6.45, 7) is 0. The summed E-state index contributed by atoms with van der Waals surface area (Å²) < 4.78 is 0. The molecule has 0 unspecified atom stereocenters. The van der Waals surface area contributed by atoms with E-state index in [9.17, 15) is 0 Å². The van der Waals surface area contributed by atoms with Crippen molar-refractivity contribution < 1.29 is 0 Å². The maximum absolute atomic E-state index is 2.27. The van der Waals surface area contributed by atoms with Crippen molar-refractivity contribution in [1.82, 2.24) is 0 Å². The zero-order valence-corrected chi connectivity index (χ0v) is 16.7. The summed E-state index contributed by atoms with van der Waals surface area (Å²) in [7, 11) is 0. The Hall–Kier alpha value is -3.90. The van der Waals surface area contributed by atoms with Crippen molar-refractivity contribution in [2.75, 3.05) is 0 Å². The predicted octanol–water partition coefficient (Wildman–Crippen LogP) is 8.99. The SMILES string of the molecule is C.c1ccc(-c2ccc(-c3ccccc3)c(-c3ccccc3)c2-c2ccccc2)cc1. The van der Waals surface area contributed by atoms with Gasteiger partial charge in [0.2, 0.25) is 0 Å². The molecule has 0 N–H and O–H groups in total. The quantitative estimate of drug-likeness (QED) is 0.283. The summed E-state index contributed by atoms with van der Waals surface area (Å²) in [6, 6.07) is 47.4. The van der Waals surface area contributed by atoms with E-state index in [0.717, 1.165) is 0 Å². The van der Waals surface area contributed by atoms with Crippen molar-refractivity contribution in [2.45, 2.75) is 7.43 Å². The second-order valence-electron chi connectivity index (χ2n) is 7.37. The summed E-state index contributed by atoms with van der Waals surface area (Å²) in [5.41, 5.74) is 9.96. The van der Waals surface area contributed by atoms with Crippen molar-refractivity contribution in [2.24, 2.45) is 0 Å². The van der Waals surface area contributed by atoms with Crippen LogP contribution in [0, 0.1) is 0 Å². The van der Waals surface area contributed by atoms with Crippen LogP contribution in [0.25, 0.3) is 44.5 Å². The zero-order valence-electron chi connectivity index (χ0n) is 16.7. The molecule has 0 atom stereocenters. The Labute approximate surface area is 185 Å². The van der Waals surface area contributed by atoms with Gasteiger partial charge in [0.15, 0.2) is 0 Å². The molecule has 150 valence electrons. The molecule has 0 spiro atoms. The number of rotatable bonds is 4. The fourth-order valence-electron chi connectivity index (χ4n) is 4.13. The van der Waals surface area contributed by atoms with E-state index in [1.807, 2.05) is 0 Å². The minimum absolute atomic E-state index is 0. The van der Waals surface area contributed by atoms with Crippen molar-refractivity contribution in [3.05, 3.63) is 133 Å². The van der Waals surface area contributed by atoms with E-state index in [-0.39, 0.29) is 7.43 Å². The fraction of sp³-hybridized carbons (Fsp3) is 0.0323. The van der Waals surface area contributed by atoms with Gasteiger partial charge in [0.05, 0.1) is 0 Å². The molecular formula is C31H26. The van der Waals surface area contributed by atoms with E-state index in [0.29, 0.717) is 0 Å². The molecule has 0 saturated carbocycles. The van der Waals surface area contributed by atoms with E-state index < -0.39 is 0 Å². The Balaban J connectivity index is 0.00000231. The van der Waals surface area contributed by atoms with E-state index >= 15 is 0 Å². The minimum atomic E-state index is 0. The van der Waals surface area contributed by atoms with Gasteiger partial charge in [-0.1, -0.05) is 141 Å². The third kappa shape index (κ3) is 4.06. The first-order valence-electron chi connectivity index (χ1n) is 10.3. The zero-order chi connectivity index (χ0) is 20.2. The second-order valence-corrected chi connectivity index (χ2v) is 7.37. The number of benzene rings is 5. The van der Waals surface area contributed by atoms with E-state index in [1.165, 1.54) is 44.5 Å². The van der Waals surface area contributed by atoms with Gasteiger partial charge >= 0.3 is 0 Å². The minimum Gasteiger partial charge on any atom is -0.0776 e. The van der Waals surface area contributed by atoms with Crippen LogP contribution >= 0.6 is 0 Å². The molecule has 0 heteroatoms. The van der Waals surface area contributed by atoms with Gasteiger partial charge in [-0.05, 0) is 44.5 Å². The fourth-order valence-corrected chi connectivity index (χ4v) is 4.13. The Morgan fingerprint density at radius 3 is 0.806 bits per heavy atom. The number of hydrogen-bond donors (Lipinski definition) is 0. The average Bonchev–Trinajstić information content (AvgIpc) is 2.85. The Morgan fingerprint density at radius 2 is 0.516 bits per heavy atom. The van der Waals surface area contributed by atoms with Gasteiger partial charge in [-0.25, -0.2) is 0 Å². The van der Waals surface area contributed by atoms with Crippen LogP contribution in [0.5, 0.6) is 0 Å². The summed E-state index contributed by atoms with van der Waals surface area (Å²) >= 11 is 0. The third-order valence-electron chi connectivity index (χ3n) is 5.50. The molecule has 0 aliphatic carbocycles. The van der Waals surface area contributed by atoms with Crippen LogP contribution in [0.2, 0.25) is 0 Å². The summed E-state index contributed by atoms with van der Waals surface area (Å²) in [5.74, 6) is 0. The second kappa shape index (κ2) is 9.28. The Bertz CT molecular complexity index is 1140. The molecule has 0 aliphatic heterocycles. The third-order valence-corrected chi connectivity index (χ3v) is 5.50. The summed E-state index contributed by atoms with van der Waals surface area (Å²) in [5, 5.41) is 0. The monoisotopic (exact) mass is 398 g/mol. The van der Waals surface area contributed by atoms with Gasteiger partial charge < -0.3 is 0 Å². The molecule has 0 aromatic heterocycles. The normalized spacial score (nSPS) is 10.3. The molecule has 5 aromatic carbocycles. The van der Waals surface area contributed by atoms with Crippen LogP contribution in [0.1, 0.15) is 7.43 Å². The van der Waals surface area contributed by atoms with Crippen LogP contribution in [0.3, 0.4) is 0 Å². The molecule has 0 nitrogen and oxygen atoms in total. The lowest BCUT2D eigenvalue weighted by Gasteiger charge is -2.20. The first-order valence-corrected chi connectivity index (χ1v) is 10.3. The van der Waals surface area contributed by atoms with Gasteiger partial charge in [-0.2, -0.15) is 0 Å².